The third-order valence-electron chi connectivity index (χ3n) is 4.74. The van der Waals surface area contributed by atoms with Crippen LogP contribution in [0, 0.1) is 0 Å². The Morgan fingerprint density at radius 1 is 1.08 bits per heavy atom. The van der Waals surface area contributed by atoms with Crippen LogP contribution in [0.2, 0.25) is 0 Å². The standard InChI is InChI=1S/C20H23N3O/c21-20(22-13-14-5-7-15(8-6-14)16-9-10-16)23-18-11-12-24-19-4-2-1-3-17(18)19/h1-8,16,18H,9-13H2,(H3,21,22,23). The zero-order valence-electron chi connectivity index (χ0n) is 13.7. The van der Waals surface area contributed by atoms with Crippen molar-refractivity contribution in [3.8, 4) is 5.75 Å². The third-order valence-corrected chi connectivity index (χ3v) is 4.74. The molecule has 2 aromatic carbocycles. The summed E-state index contributed by atoms with van der Waals surface area (Å²) < 4.78 is 5.68. The summed E-state index contributed by atoms with van der Waals surface area (Å²) >= 11 is 0. The number of fused-ring (bicyclic) bond motifs is 1. The smallest absolute Gasteiger partial charge is 0.189 e. The highest BCUT2D eigenvalue weighted by Crippen LogP contribution is 2.39. The Labute approximate surface area is 142 Å². The molecule has 24 heavy (non-hydrogen) atoms. The highest BCUT2D eigenvalue weighted by Gasteiger charge is 2.23. The second-order valence-corrected chi connectivity index (χ2v) is 6.59. The van der Waals surface area contributed by atoms with Gasteiger partial charge < -0.3 is 15.8 Å². The molecule has 0 radical (unpaired) electrons. The summed E-state index contributed by atoms with van der Waals surface area (Å²) in [6.07, 6.45) is 3.56. The molecule has 0 spiro atoms. The first-order chi connectivity index (χ1) is 11.8. The van der Waals surface area contributed by atoms with Gasteiger partial charge in [-0.1, -0.05) is 42.5 Å². The molecule has 1 heterocycles. The van der Waals surface area contributed by atoms with Crippen LogP contribution in [-0.2, 0) is 6.54 Å². The quantitative estimate of drug-likeness (QED) is 0.669. The van der Waals surface area contributed by atoms with Crippen LogP contribution in [0.4, 0.5) is 0 Å². The van der Waals surface area contributed by atoms with E-state index in [1.807, 2.05) is 18.2 Å². The molecule has 1 unspecified atom stereocenters. The Hall–Kier alpha value is -2.49. The van der Waals surface area contributed by atoms with Gasteiger partial charge in [0.2, 0.25) is 0 Å². The van der Waals surface area contributed by atoms with E-state index in [1.54, 1.807) is 0 Å². The minimum absolute atomic E-state index is 0.163. The lowest BCUT2D eigenvalue weighted by molar-refractivity contribution is 0.262. The largest absolute Gasteiger partial charge is 0.493 e. The van der Waals surface area contributed by atoms with E-state index in [0.717, 1.165) is 23.7 Å². The average molecular weight is 321 g/mol. The zero-order chi connectivity index (χ0) is 16.4. The van der Waals surface area contributed by atoms with E-state index in [2.05, 4.69) is 40.6 Å². The number of hydrogen-bond acceptors (Lipinski definition) is 2. The van der Waals surface area contributed by atoms with Crippen molar-refractivity contribution >= 4 is 5.96 Å². The predicted molar refractivity (Wildman–Crippen MR) is 96.2 cm³/mol. The van der Waals surface area contributed by atoms with Crippen molar-refractivity contribution in [2.45, 2.75) is 37.8 Å². The van der Waals surface area contributed by atoms with Gasteiger partial charge in [-0.2, -0.15) is 0 Å². The molecule has 0 amide bonds. The van der Waals surface area contributed by atoms with Crippen molar-refractivity contribution in [2.24, 2.45) is 10.7 Å². The molecule has 1 aliphatic heterocycles. The molecule has 4 rings (SSSR count). The summed E-state index contributed by atoms with van der Waals surface area (Å²) in [4.78, 5) is 4.49. The maximum absolute atomic E-state index is 6.10. The van der Waals surface area contributed by atoms with Crippen LogP contribution in [0.25, 0.3) is 0 Å². The number of aliphatic imine (C=N–C) groups is 1. The van der Waals surface area contributed by atoms with E-state index in [0.29, 0.717) is 19.1 Å². The lowest BCUT2D eigenvalue weighted by Crippen LogP contribution is -2.37. The van der Waals surface area contributed by atoms with Gasteiger partial charge in [0.05, 0.1) is 19.2 Å². The fourth-order valence-electron chi connectivity index (χ4n) is 3.20. The fourth-order valence-corrected chi connectivity index (χ4v) is 3.20. The number of ether oxygens (including phenoxy) is 1. The minimum Gasteiger partial charge on any atom is -0.493 e. The topological polar surface area (TPSA) is 59.6 Å². The lowest BCUT2D eigenvalue weighted by Gasteiger charge is -2.26. The summed E-state index contributed by atoms with van der Waals surface area (Å²) in [6.45, 7) is 1.30. The van der Waals surface area contributed by atoms with Gasteiger partial charge in [0.25, 0.3) is 0 Å². The van der Waals surface area contributed by atoms with Crippen LogP contribution >= 0.6 is 0 Å². The van der Waals surface area contributed by atoms with Gasteiger partial charge >= 0.3 is 0 Å². The van der Waals surface area contributed by atoms with Crippen molar-refractivity contribution in [3.05, 3.63) is 65.2 Å². The molecule has 124 valence electrons. The SMILES string of the molecule is NC(=NCc1ccc(C2CC2)cc1)NC1CCOc2ccccc21. The van der Waals surface area contributed by atoms with Crippen LogP contribution in [0.15, 0.2) is 53.5 Å². The first-order valence-corrected chi connectivity index (χ1v) is 8.66. The Balaban J connectivity index is 1.39. The second-order valence-electron chi connectivity index (χ2n) is 6.59. The maximum atomic E-state index is 6.10. The lowest BCUT2D eigenvalue weighted by atomic mass is 10.0. The summed E-state index contributed by atoms with van der Waals surface area (Å²) in [7, 11) is 0. The first kappa shape index (κ1) is 15.1. The number of nitrogens with one attached hydrogen (secondary N) is 1. The van der Waals surface area contributed by atoms with Crippen molar-refractivity contribution in [3.63, 3.8) is 0 Å². The van der Waals surface area contributed by atoms with Crippen LogP contribution in [0.1, 0.15) is 47.9 Å². The molecular weight excluding hydrogens is 298 g/mol. The summed E-state index contributed by atoms with van der Waals surface area (Å²) in [6, 6.07) is 17.0. The molecule has 3 N–H and O–H groups in total. The normalized spacial score (nSPS) is 20.2. The molecule has 1 aliphatic carbocycles. The molecule has 2 aromatic rings. The van der Waals surface area contributed by atoms with Gasteiger partial charge in [-0.05, 0) is 36.0 Å². The molecule has 4 nitrogen and oxygen atoms in total. The Morgan fingerprint density at radius 3 is 2.67 bits per heavy atom. The summed E-state index contributed by atoms with van der Waals surface area (Å²) in [5.41, 5.74) is 9.89. The number of rotatable bonds is 4. The fraction of sp³-hybridized carbons (Fsp3) is 0.350. The molecule has 2 aliphatic rings. The number of nitrogens with zero attached hydrogens (tertiary/aromatic N) is 1. The number of nitrogens with two attached hydrogens (primary N) is 1. The average Bonchev–Trinajstić information content (AvgIpc) is 3.46. The van der Waals surface area contributed by atoms with Crippen molar-refractivity contribution in [2.75, 3.05) is 6.61 Å². The first-order valence-electron chi connectivity index (χ1n) is 8.66. The van der Waals surface area contributed by atoms with E-state index in [1.165, 1.54) is 24.0 Å². The Bertz CT molecular complexity index is 735. The van der Waals surface area contributed by atoms with Gasteiger partial charge in [-0.3, -0.25) is 0 Å². The number of benzene rings is 2. The van der Waals surface area contributed by atoms with E-state index in [4.69, 9.17) is 10.5 Å². The van der Waals surface area contributed by atoms with E-state index >= 15 is 0 Å². The number of guanidine groups is 1. The maximum Gasteiger partial charge on any atom is 0.189 e. The molecule has 0 bridgehead atoms. The Morgan fingerprint density at radius 2 is 1.88 bits per heavy atom. The molecule has 4 heteroatoms. The molecular formula is C20H23N3O. The van der Waals surface area contributed by atoms with Gasteiger partial charge in [-0.25, -0.2) is 4.99 Å². The van der Waals surface area contributed by atoms with Gasteiger partial charge in [0.1, 0.15) is 5.75 Å². The summed E-state index contributed by atoms with van der Waals surface area (Å²) in [5.74, 6) is 2.22. The Kier molecular flexibility index (Phi) is 4.11. The monoisotopic (exact) mass is 321 g/mol. The predicted octanol–water partition coefficient (Wildman–Crippen LogP) is 3.49. The van der Waals surface area contributed by atoms with Crippen LogP contribution < -0.4 is 15.8 Å². The molecule has 0 aromatic heterocycles. The van der Waals surface area contributed by atoms with E-state index in [9.17, 15) is 0 Å². The number of hydrogen-bond donors (Lipinski definition) is 2. The zero-order valence-corrected chi connectivity index (χ0v) is 13.7. The van der Waals surface area contributed by atoms with Crippen molar-refractivity contribution in [1.29, 1.82) is 0 Å². The highest BCUT2D eigenvalue weighted by atomic mass is 16.5. The molecule has 1 atom stereocenters. The van der Waals surface area contributed by atoms with Crippen LogP contribution in [0.5, 0.6) is 5.75 Å². The van der Waals surface area contributed by atoms with Crippen molar-refractivity contribution in [1.82, 2.24) is 5.32 Å². The minimum atomic E-state index is 0.163. The summed E-state index contributed by atoms with van der Waals surface area (Å²) in [5, 5.41) is 3.33. The van der Waals surface area contributed by atoms with Crippen LogP contribution in [-0.4, -0.2) is 12.6 Å². The van der Waals surface area contributed by atoms with Gasteiger partial charge in [-0.15, -0.1) is 0 Å². The third kappa shape index (κ3) is 3.37. The highest BCUT2D eigenvalue weighted by molar-refractivity contribution is 5.78. The van der Waals surface area contributed by atoms with Crippen LogP contribution in [0.3, 0.4) is 0 Å². The van der Waals surface area contributed by atoms with E-state index in [-0.39, 0.29) is 6.04 Å². The second kappa shape index (κ2) is 6.56. The number of para-hydroxylation sites is 1. The molecule has 1 saturated carbocycles. The van der Waals surface area contributed by atoms with Crippen molar-refractivity contribution < 1.29 is 4.74 Å². The van der Waals surface area contributed by atoms with E-state index < -0.39 is 0 Å². The molecule has 0 saturated heterocycles. The molecule has 1 fully saturated rings. The van der Waals surface area contributed by atoms with Gasteiger partial charge in [0, 0.05) is 12.0 Å². The van der Waals surface area contributed by atoms with Gasteiger partial charge in [0.15, 0.2) is 5.96 Å².